The maximum atomic E-state index is 13.4. The molecule has 0 saturated heterocycles. The Balaban J connectivity index is 1.82. The summed E-state index contributed by atoms with van der Waals surface area (Å²) in [5.74, 6) is 0.141. The van der Waals surface area contributed by atoms with Crippen LogP contribution >= 0.6 is 11.6 Å². The van der Waals surface area contributed by atoms with Crippen LogP contribution in [0.25, 0.3) is 0 Å². The summed E-state index contributed by atoms with van der Waals surface area (Å²) in [6.07, 6.45) is -5.54. The van der Waals surface area contributed by atoms with Gasteiger partial charge in [-0.2, -0.15) is 13.2 Å². The van der Waals surface area contributed by atoms with Gasteiger partial charge in [-0.1, -0.05) is 48.0 Å². The van der Waals surface area contributed by atoms with Crippen molar-refractivity contribution in [3.63, 3.8) is 0 Å². The van der Waals surface area contributed by atoms with E-state index < -0.39 is 34.8 Å². The number of carbonyl (C=O) groups excluding carboxylic acids is 1. The van der Waals surface area contributed by atoms with Gasteiger partial charge in [0.05, 0.1) is 16.1 Å². The van der Waals surface area contributed by atoms with Crippen LogP contribution in [0, 0.1) is 0 Å². The monoisotopic (exact) mass is 450 g/mol. The highest BCUT2D eigenvalue weighted by Gasteiger charge is 2.39. The van der Waals surface area contributed by atoms with Gasteiger partial charge in [0.15, 0.2) is 11.6 Å². The Morgan fingerprint density at radius 2 is 1.84 bits per heavy atom. The minimum Gasteiger partial charge on any atom is -0.385 e. The minimum absolute atomic E-state index is 0.176. The molecule has 2 unspecified atom stereocenters. The first kappa shape index (κ1) is 21.3. The summed E-state index contributed by atoms with van der Waals surface area (Å²) in [6.45, 7) is 2.03. The maximum absolute atomic E-state index is 13.4. The number of rotatable bonds is 3. The Bertz CT molecular complexity index is 1120. The molecule has 2 aromatic carbocycles. The molecule has 0 aliphatic carbocycles. The van der Waals surface area contributed by atoms with E-state index in [9.17, 15) is 23.1 Å². The van der Waals surface area contributed by atoms with Crippen LogP contribution in [0.15, 0.2) is 48.5 Å². The maximum Gasteiger partial charge on any atom is 0.417 e. The first-order valence-corrected chi connectivity index (χ1v) is 9.90. The number of alkyl halides is 3. The lowest BCUT2D eigenvalue weighted by molar-refractivity contribution is -0.137. The molecule has 6 nitrogen and oxygen atoms in total. The lowest BCUT2D eigenvalue weighted by Crippen LogP contribution is -2.43. The number of aliphatic hydroxyl groups is 1. The third-order valence-corrected chi connectivity index (χ3v) is 5.62. The molecule has 162 valence electrons. The summed E-state index contributed by atoms with van der Waals surface area (Å²) in [6, 6.07) is 11.6. The van der Waals surface area contributed by atoms with Gasteiger partial charge in [0.25, 0.3) is 5.91 Å². The summed E-state index contributed by atoms with van der Waals surface area (Å²) in [4.78, 5) is 14.8. The summed E-state index contributed by atoms with van der Waals surface area (Å²) >= 11 is 6.01. The van der Waals surface area contributed by atoms with Crippen molar-refractivity contribution in [3.05, 3.63) is 81.9 Å². The van der Waals surface area contributed by atoms with Gasteiger partial charge in [0.2, 0.25) is 0 Å². The average molecular weight is 451 g/mol. The average Bonchev–Trinajstić information content (AvgIpc) is 3.17. The first-order valence-electron chi connectivity index (χ1n) is 9.53. The number of amides is 1. The van der Waals surface area contributed by atoms with Gasteiger partial charge in [-0.15, -0.1) is 10.2 Å². The van der Waals surface area contributed by atoms with Gasteiger partial charge in [0, 0.05) is 13.1 Å². The van der Waals surface area contributed by atoms with Crippen LogP contribution in [0.3, 0.4) is 0 Å². The van der Waals surface area contributed by atoms with Crippen LogP contribution in [-0.4, -0.2) is 37.2 Å². The zero-order chi connectivity index (χ0) is 22.3. The first-order chi connectivity index (χ1) is 14.7. The van der Waals surface area contributed by atoms with E-state index in [-0.39, 0.29) is 18.7 Å². The lowest BCUT2D eigenvalue weighted by atomic mass is 10.0. The van der Waals surface area contributed by atoms with Crippen molar-refractivity contribution in [2.75, 3.05) is 6.54 Å². The van der Waals surface area contributed by atoms with E-state index in [1.807, 2.05) is 6.07 Å². The van der Waals surface area contributed by atoms with Crippen LogP contribution in [0.1, 0.15) is 52.2 Å². The molecule has 0 bridgehead atoms. The number of halogens is 4. The standard InChI is InChI=1S/C21H18ClF3N4O2/c1-12(30)18-26-27-19-17(13-6-3-2-4-7-13)28(10-11-29(18)19)20(31)14-8-5-9-15(16(14)22)21(23,24)25/h2-9,12,17,30H,10-11H2,1H3. The van der Waals surface area contributed by atoms with Crippen molar-refractivity contribution in [2.45, 2.75) is 31.8 Å². The Kier molecular flexibility index (Phi) is 5.49. The number of carbonyl (C=O) groups is 1. The number of benzene rings is 2. The van der Waals surface area contributed by atoms with Crippen LogP contribution < -0.4 is 0 Å². The molecule has 0 saturated carbocycles. The number of nitrogens with zero attached hydrogens (tertiary/aromatic N) is 4. The number of fused-ring (bicyclic) bond motifs is 1. The molecule has 1 amide bonds. The van der Waals surface area contributed by atoms with Gasteiger partial charge in [-0.05, 0) is 24.6 Å². The second-order valence-electron chi connectivity index (χ2n) is 7.22. The smallest absolute Gasteiger partial charge is 0.385 e. The highest BCUT2D eigenvalue weighted by molar-refractivity contribution is 6.34. The zero-order valence-corrected chi connectivity index (χ0v) is 17.1. The van der Waals surface area contributed by atoms with Gasteiger partial charge in [0.1, 0.15) is 12.1 Å². The molecule has 2 atom stereocenters. The number of hydrogen-bond acceptors (Lipinski definition) is 4. The number of aliphatic hydroxyl groups excluding tert-OH is 1. The minimum atomic E-state index is -4.68. The Morgan fingerprint density at radius 1 is 1.13 bits per heavy atom. The topological polar surface area (TPSA) is 71.2 Å². The van der Waals surface area contributed by atoms with Crippen molar-refractivity contribution < 1.29 is 23.1 Å². The van der Waals surface area contributed by atoms with E-state index in [0.717, 1.165) is 12.1 Å². The van der Waals surface area contributed by atoms with Crippen molar-refractivity contribution in [2.24, 2.45) is 0 Å². The quantitative estimate of drug-likeness (QED) is 0.647. The van der Waals surface area contributed by atoms with Gasteiger partial charge in [-0.3, -0.25) is 4.79 Å². The van der Waals surface area contributed by atoms with Crippen LogP contribution in [0.5, 0.6) is 0 Å². The van der Waals surface area contributed by atoms with Crippen LogP contribution in [0.2, 0.25) is 5.02 Å². The second-order valence-corrected chi connectivity index (χ2v) is 7.60. The van der Waals surface area contributed by atoms with E-state index >= 15 is 0 Å². The molecule has 1 N–H and O–H groups in total. The Morgan fingerprint density at radius 3 is 2.48 bits per heavy atom. The molecule has 31 heavy (non-hydrogen) atoms. The molecule has 1 aromatic heterocycles. The van der Waals surface area contributed by atoms with E-state index in [4.69, 9.17) is 11.6 Å². The van der Waals surface area contributed by atoms with Crippen molar-refractivity contribution in [3.8, 4) is 0 Å². The number of hydrogen-bond donors (Lipinski definition) is 1. The van der Waals surface area contributed by atoms with Crippen molar-refractivity contribution in [1.29, 1.82) is 0 Å². The van der Waals surface area contributed by atoms with Crippen molar-refractivity contribution >= 4 is 17.5 Å². The van der Waals surface area contributed by atoms with Gasteiger partial charge in [-0.25, -0.2) is 0 Å². The molecule has 10 heteroatoms. The highest BCUT2D eigenvalue weighted by Crippen LogP contribution is 2.39. The molecule has 1 aliphatic heterocycles. The predicted molar refractivity (Wildman–Crippen MR) is 106 cm³/mol. The Labute approximate surface area is 180 Å². The fourth-order valence-electron chi connectivity index (χ4n) is 3.80. The van der Waals surface area contributed by atoms with Crippen molar-refractivity contribution in [1.82, 2.24) is 19.7 Å². The molecule has 0 fully saturated rings. The molecule has 0 spiro atoms. The van der Waals surface area contributed by atoms with Gasteiger partial charge >= 0.3 is 6.18 Å². The van der Waals surface area contributed by atoms with E-state index in [1.165, 1.54) is 11.0 Å². The summed E-state index contributed by atoms with van der Waals surface area (Å²) in [7, 11) is 0. The molecule has 4 rings (SSSR count). The van der Waals surface area contributed by atoms with Crippen LogP contribution in [0.4, 0.5) is 13.2 Å². The third-order valence-electron chi connectivity index (χ3n) is 5.21. The van der Waals surface area contributed by atoms with E-state index in [2.05, 4.69) is 10.2 Å². The number of aromatic nitrogens is 3. The SMILES string of the molecule is CC(O)c1nnc2n1CCN(C(=O)c1cccc(C(F)(F)F)c1Cl)C2c1ccccc1. The molecule has 0 radical (unpaired) electrons. The summed E-state index contributed by atoms with van der Waals surface area (Å²) in [5.41, 5.74) is -0.585. The zero-order valence-electron chi connectivity index (χ0n) is 16.3. The van der Waals surface area contributed by atoms with Crippen LogP contribution in [-0.2, 0) is 12.7 Å². The molecular weight excluding hydrogens is 433 g/mol. The summed E-state index contributed by atoms with van der Waals surface area (Å²) in [5, 5.41) is 17.6. The van der Waals surface area contributed by atoms with E-state index in [1.54, 1.807) is 35.8 Å². The Hall–Kier alpha value is -2.91. The molecule has 3 aromatic rings. The summed E-state index contributed by atoms with van der Waals surface area (Å²) < 4.78 is 41.6. The lowest BCUT2D eigenvalue weighted by Gasteiger charge is -2.36. The largest absolute Gasteiger partial charge is 0.417 e. The molecule has 1 aliphatic rings. The third kappa shape index (κ3) is 3.79. The fourth-order valence-corrected chi connectivity index (χ4v) is 4.11. The van der Waals surface area contributed by atoms with Gasteiger partial charge < -0.3 is 14.6 Å². The normalized spacial score (nSPS) is 17.4. The highest BCUT2D eigenvalue weighted by atomic mass is 35.5. The molecular formula is C21H18ClF3N4O2. The van der Waals surface area contributed by atoms with E-state index in [0.29, 0.717) is 17.2 Å². The second kappa shape index (κ2) is 7.97. The predicted octanol–water partition coefficient (Wildman–Crippen LogP) is 4.25. The fraction of sp³-hybridized carbons (Fsp3) is 0.286. The molecule has 2 heterocycles.